The summed E-state index contributed by atoms with van der Waals surface area (Å²) in [6.45, 7) is 9.25. The van der Waals surface area contributed by atoms with Crippen LogP contribution in [0.3, 0.4) is 0 Å². The number of nitrogens with one attached hydrogen (secondary N) is 1. The predicted molar refractivity (Wildman–Crippen MR) is 107 cm³/mol. The molecule has 0 radical (unpaired) electrons. The average Bonchev–Trinajstić information content (AvgIpc) is 3.17. The van der Waals surface area contributed by atoms with Gasteiger partial charge >= 0.3 is 0 Å². The molecule has 27 heavy (non-hydrogen) atoms. The van der Waals surface area contributed by atoms with Crippen LogP contribution in [0.1, 0.15) is 31.7 Å². The van der Waals surface area contributed by atoms with Crippen molar-refractivity contribution in [1.29, 1.82) is 0 Å². The molecule has 7 nitrogen and oxygen atoms in total. The van der Waals surface area contributed by atoms with Crippen molar-refractivity contribution < 1.29 is 4.79 Å². The molecule has 142 valence electrons. The van der Waals surface area contributed by atoms with Gasteiger partial charge in [-0.3, -0.25) is 4.79 Å². The van der Waals surface area contributed by atoms with Crippen LogP contribution < -0.4 is 10.2 Å². The van der Waals surface area contributed by atoms with Crippen LogP contribution in [0.4, 0.5) is 17.5 Å². The lowest BCUT2D eigenvalue weighted by molar-refractivity contribution is -0.125. The van der Waals surface area contributed by atoms with Crippen molar-refractivity contribution in [3.63, 3.8) is 0 Å². The minimum absolute atomic E-state index is 0.0368. The van der Waals surface area contributed by atoms with E-state index in [0.29, 0.717) is 30.8 Å². The van der Waals surface area contributed by atoms with E-state index >= 15 is 0 Å². The van der Waals surface area contributed by atoms with Gasteiger partial charge in [-0.05, 0) is 36.1 Å². The van der Waals surface area contributed by atoms with E-state index in [-0.39, 0.29) is 11.9 Å². The third-order valence-electron chi connectivity index (χ3n) is 4.91. The molecule has 0 saturated carbocycles. The quantitative estimate of drug-likeness (QED) is 0.793. The van der Waals surface area contributed by atoms with Crippen molar-refractivity contribution in [2.75, 3.05) is 30.4 Å². The number of amides is 1. The Kier molecular flexibility index (Phi) is 5.69. The summed E-state index contributed by atoms with van der Waals surface area (Å²) in [5.41, 5.74) is 2.25. The topological polar surface area (TPSA) is 74.2 Å². The van der Waals surface area contributed by atoms with E-state index < -0.39 is 0 Å². The summed E-state index contributed by atoms with van der Waals surface area (Å²) in [4.78, 5) is 20.1. The summed E-state index contributed by atoms with van der Waals surface area (Å²) in [5, 5.41) is 11.5. The number of aromatic nitrogens is 3. The van der Waals surface area contributed by atoms with Gasteiger partial charge in [0.25, 0.3) is 0 Å². The summed E-state index contributed by atoms with van der Waals surface area (Å²) in [6, 6.07) is 8.46. The Morgan fingerprint density at radius 2 is 2.11 bits per heavy atom. The highest BCUT2D eigenvalue weighted by Gasteiger charge is 2.29. The standard InChI is InChI=1S/C20H26N6O/c1-5-19(27)26-11-10-17(13-26)25(4)20-23-18(12-21-24-20)22-16-8-6-15(7-9-16)14(2)3/h5-9,12,14,17H,1,10-11,13H2,2-4H3,(H,22,23,24). The van der Waals surface area contributed by atoms with Crippen molar-refractivity contribution in [2.24, 2.45) is 0 Å². The van der Waals surface area contributed by atoms with Gasteiger partial charge in [0, 0.05) is 25.8 Å². The number of nitrogens with zero attached hydrogens (tertiary/aromatic N) is 5. The first-order chi connectivity index (χ1) is 13.0. The first-order valence-electron chi connectivity index (χ1n) is 9.19. The molecular weight excluding hydrogens is 340 g/mol. The minimum atomic E-state index is -0.0368. The molecule has 0 aliphatic carbocycles. The van der Waals surface area contributed by atoms with Gasteiger partial charge in [0.1, 0.15) is 0 Å². The average molecular weight is 366 g/mol. The number of anilines is 3. The maximum atomic E-state index is 11.8. The Labute approximate surface area is 160 Å². The van der Waals surface area contributed by atoms with Gasteiger partial charge < -0.3 is 15.1 Å². The van der Waals surface area contributed by atoms with Crippen LogP contribution in [-0.4, -0.2) is 52.2 Å². The van der Waals surface area contributed by atoms with Crippen molar-refractivity contribution in [3.05, 3.63) is 48.7 Å². The molecule has 1 atom stereocenters. The van der Waals surface area contributed by atoms with Crippen LogP contribution in [0.5, 0.6) is 0 Å². The largest absolute Gasteiger partial charge is 0.339 e. The summed E-state index contributed by atoms with van der Waals surface area (Å²) < 4.78 is 0. The van der Waals surface area contributed by atoms with Crippen LogP contribution in [0.15, 0.2) is 43.1 Å². The Bertz CT molecular complexity index is 804. The van der Waals surface area contributed by atoms with E-state index in [1.54, 1.807) is 11.1 Å². The highest BCUT2D eigenvalue weighted by molar-refractivity contribution is 5.87. The van der Waals surface area contributed by atoms with Crippen LogP contribution >= 0.6 is 0 Å². The molecule has 1 fully saturated rings. The second-order valence-corrected chi connectivity index (χ2v) is 7.09. The van der Waals surface area contributed by atoms with Crippen LogP contribution in [0, 0.1) is 0 Å². The zero-order chi connectivity index (χ0) is 19.4. The summed E-state index contributed by atoms with van der Waals surface area (Å²) >= 11 is 0. The van der Waals surface area contributed by atoms with Gasteiger partial charge in [0.15, 0.2) is 5.82 Å². The highest BCUT2D eigenvalue weighted by atomic mass is 16.2. The molecular formula is C20H26N6O. The molecule has 1 N–H and O–H groups in total. The molecule has 2 heterocycles. The Morgan fingerprint density at radius 1 is 1.37 bits per heavy atom. The number of benzene rings is 1. The lowest BCUT2D eigenvalue weighted by Crippen LogP contribution is -2.37. The molecule has 2 aromatic rings. The summed E-state index contributed by atoms with van der Waals surface area (Å²) in [6.07, 6.45) is 3.83. The fourth-order valence-corrected chi connectivity index (χ4v) is 3.15. The maximum absolute atomic E-state index is 11.8. The molecule has 1 saturated heterocycles. The SMILES string of the molecule is C=CC(=O)N1CCC(N(C)c2nncc(Nc3ccc(C(C)C)cc3)n2)C1. The monoisotopic (exact) mass is 366 g/mol. The van der Waals surface area contributed by atoms with E-state index in [9.17, 15) is 4.79 Å². The number of hydrogen-bond donors (Lipinski definition) is 1. The predicted octanol–water partition coefficient (Wildman–Crippen LogP) is 2.96. The van der Waals surface area contributed by atoms with Gasteiger partial charge in [-0.2, -0.15) is 10.1 Å². The maximum Gasteiger partial charge on any atom is 0.247 e. The van der Waals surface area contributed by atoms with E-state index in [1.807, 2.05) is 24.1 Å². The van der Waals surface area contributed by atoms with Crippen LogP contribution in [0.25, 0.3) is 0 Å². The molecule has 1 aliphatic rings. The normalized spacial score (nSPS) is 16.4. The third-order valence-corrected chi connectivity index (χ3v) is 4.91. The number of carbonyl (C=O) groups excluding carboxylic acids is 1. The van der Waals surface area contributed by atoms with Crippen molar-refractivity contribution in [1.82, 2.24) is 20.1 Å². The Hall–Kier alpha value is -2.96. The molecule has 0 bridgehead atoms. The van der Waals surface area contributed by atoms with E-state index in [4.69, 9.17) is 0 Å². The highest BCUT2D eigenvalue weighted by Crippen LogP contribution is 2.22. The lowest BCUT2D eigenvalue weighted by Gasteiger charge is -2.24. The van der Waals surface area contributed by atoms with Gasteiger partial charge in [0.2, 0.25) is 11.9 Å². The van der Waals surface area contributed by atoms with E-state index in [1.165, 1.54) is 11.6 Å². The summed E-state index contributed by atoms with van der Waals surface area (Å²) in [7, 11) is 1.94. The number of rotatable bonds is 6. The molecule has 1 aromatic carbocycles. The smallest absolute Gasteiger partial charge is 0.247 e. The molecule has 1 aliphatic heterocycles. The van der Waals surface area contributed by atoms with Crippen molar-refractivity contribution >= 4 is 23.4 Å². The minimum Gasteiger partial charge on any atom is -0.339 e. The van der Waals surface area contributed by atoms with Crippen LogP contribution in [-0.2, 0) is 4.79 Å². The van der Waals surface area contributed by atoms with Crippen molar-refractivity contribution in [2.45, 2.75) is 32.2 Å². The van der Waals surface area contributed by atoms with Gasteiger partial charge in [-0.25, -0.2) is 0 Å². The Morgan fingerprint density at radius 3 is 2.78 bits per heavy atom. The van der Waals surface area contributed by atoms with E-state index in [0.717, 1.165) is 12.1 Å². The molecule has 1 aromatic heterocycles. The number of hydrogen-bond acceptors (Lipinski definition) is 6. The number of carbonyl (C=O) groups is 1. The fraction of sp³-hybridized carbons (Fsp3) is 0.400. The molecule has 0 spiro atoms. The number of likely N-dealkylation sites (N-methyl/N-ethyl adjacent to an activating group) is 1. The molecule has 1 amide bonds. The second kappa shape index (κ2) is 8.16. The zero-order valence-corrected chi connectivity index (χ0v) is 16.1. The fourth-order valence-electron chi connectivity index (χ4n) is 3.15. The Balaban J connectivity index is 1.68. The number of likely N-dealkylation sites (tertiary alicyclic amines) is 1. The van der Waals surface area contributed by atoms with Gasteiger partial charge in [-0.15, -0.1) is 5.10 Å². The second-order valence-electron chi connectivity index (χ2n) is 7.09. The van der Waals surface area contributed by atoms with Gasteiger partial charge in [-0.1, -0.05) is 32.6 Å². The van der Waals surface area contributed by atoms with Gasteiger partial charge in [0.05, 0.1) is 12.2 Å². The zero-order valence-electron chi connectivity index (χ0n) is 16.1. The summed E-state index contributed by atoms with van der Waals surface area (Å²) in [5.74, 6) is 1.64. The third kappa shape index (κ3) is 4.42. The molecule has 7 heteroatoms. The molecule has 1 unspecified atom stereocenters. The van der Waals surface area contributed by atoms with Crippen LogP contribution in [0.2, 0.25) is 0 Å². The molecule has 3 rings (SSSR count). The first-order valence-corrected chi connectivity index (χ1v) is 9.19. The first kappa shape index (κ1) is 18.8. The van der Waals surface area contributed by atoms with E-state index in [2.05, 4.69) is 53.1 Å². The van der Waals surface area contributed by atoms with Crippen molar-refractivity contribution in [3.8, 4) is 0 Å². The lowest BCUT2D eigenvalue weighted by atomic mass is 10.0.